The Bertz CT molecular complexity index is 484. The fourth-order valence-corrected chi connectivity index (χ4v) is 2.00. The molecule has 0 aromatic heterocycles. The first-order valence-corrected chi connectivity index (χ1v) is 5.93. The van der Waals surface area contributed by atoms with E-state index in [9.17, 15) is 13.2 Å². The Morgan fingerprint density at radius 3 is 2.69 bits per heavy atom. The van der Waals surface area contributed by atoms with E-state index in [0.717, 1.165) is 6.07 Å². The van der Waals surface area contributed by atoms with Gasteiger partial charge in [0.25, 0.3) is 0 Å². The number of aromatic hydroxyl groups is 1. The molecule has 88 valence electrons. The molecule has 1 aromatic carbocycles. The zero-order valence-electron chi connectivity index (χ0n) is 8.60. The molecule has 0 radical (unpaired) electrons. The molecule has 0 bridgehead atoms. The lowest BCUT2D eigenvalue weighted by Crippen LogP contribution is -2.35. The third-order valence-corrected chi connectivity index (χ3v) is 3.23. The molecule has 0 fully saturated rings. The van der Waals surface area contributed by atoms with Crippen molar-refractivity contribution in [3.63, 3.8) is 0 Å². The number of phenolic OH excluding ortho intramolecular Hbond substituents is 1. The molecule has 3 N–H and O–H groups in total. The Hall–Kier alpha value is -1.60. The topological polar surface area (TPSA) is 95.5 Å². The highest BCUT2D eigenvalue weighted by Crippen LogP contribution is 2.15. The minimum Gasteiger partial charge on any atom is -0.508 e. The van der Waals surface area contributed by atoms with Crippen molar-refractivity contribution in [3.05, 3.63) is 24.3 Å². The van der Waals surface area contributed by atoms with Crippen LogP contribution in [0.2, 0.25) is 0 Å². The zero-order chi connectivity index (χ0) is 12.2. The van der Waals surface area contributed by atoms with Gasteiger partial charge in [-0.25, -0.2) is 13.1 Å². The van der Waals surface area contributed by atoms with E-state index in [2.05, 4.69) is 10.0 Å². The van der Waals surface area contributed by atoms with Crippen LogP contribution in [0.4, 0.5) is 0 Å². The summed E-state index contributed by atoms with van der Waals surface area (Å²) in [6.45, 7) is -0.339. The van der Waals surface area contributed by atoms with Gasteiger partial charge in [-0.2, -0.15) is 0 Å². The highest BCUT2D eigenvalue weighted by atomic mass is 32.2. The summed E-state index contributed by atoms with van der Waals surface area (Å²) in [5, 5.41) is 11.4. The maximum atomic E-state index is 11.6. The molecule has 0 saturated heterocycles. The monoisotopic (exact) mass is 244 g/mol. The van der Waals surface area contributed by atoms with Gasteiger partial charge in [0.1, 0.15) is 5.75 Å². The van der Waals surface area contributed by atoms with Crippen LogP contribution < -0.4 is 10.0 Å². The minimum atomic E-state index is -3.76. The van der Waals surface area contributed by atoms with Crippen molar-refractivity contribution in [1.82, 2.24) is 10.0 Å². The lowest BCUT2D eigenvalue weighted by atomic mass is 10.3. The van der Waals surface area contributed by atoms with Crippen LogP contribution in [0.1, 0.15) is 0 Å². The molecule has 1 rings (SSSR count). The SMILES string of the molecule is CNC(=O)CNS(=O)(=O)c1cccc(O)c1. The number of rotatable bonds is 4. The Morgan fingerprint density at radius 1 is 1.44 bits per heavy atom. The number of likely N-dealkylation sites (N-methyl/N-ethyl adjacent to an activating group) is 1. The minimum absolute atomic E-state index is 0.0867. The molecule has 0 unspecified atom stereocenters. The molecule has 0 aliphatic carbocycles. The lowest BCUT2D eigenvalue weighted by Gasteiger charge is -2.05. The second-order valence-corrected chi connectivity index (χ2v) is 4.76. The number of amides is 1. The molecule has 1 amide bonds. The standard InChI is InChI=1S/C9H12N2O4S/c1-10-9(13)6-11-16(14,15)8-4-2-3-7(12)5-8/h2-5,11-12H,6H2,1H3,(H,10,13). The Morgan fingerprint density at radius 2 is 2.12 bits per heavy atom. The first kappa shape index (κ1) is 12.5. The van der Waals surface area contributed by atoms with E-state index in [1.807, 2.05) is 0 Å². The molecule has 1 aromatic rings. The van der Waals surface area contributed by atoms with Crippen LogP contribution >= 0.6 is 0 Å². The molecule has 16 heavy (non-hydrogen) atoms. The molecule has 6 nitrogen and oxygen atoms in total. The summed E-state index contributed by atoms with van der Waals surface area (Å²) < 4.78 is 25.3. The van der Waals surface area contributed by atoms with E-state index in [1.165, 1.54) is 25.2 Å². The van der Waals surface area contributed by atoms with Crippen molar-refractivity contribution >= 4 is 15.9 Å². The number of carbonyl (C=O) groups excluding carboxylic acids is 1. The quantitative estimate of drug-likeness (QED) is 0.660. The average Bonchev–Trinajstić information content (AvgIpc) is 2.26. The van der Waals surface area contributed by atoms with Crippen molar-refractivity contribution in [2.45, 2.75) is 4.90 Å². The fourth-order valence-electron chi connectivity index (χ4n) is 0.983. The Labute approximate surface area is 93.3 Å². The summed E-state index contributed by atoms with van der Waals surface area (Å²) in [4.78, 5) is 10.8. The molecule has 0 saturated carbocycles. The number of nitrogens with one attached hydrogen (secondary N) is 2. The molecule has 0 heterocycles. The van der Waals surface area contributed by atoms with E-state index in [0.29, 0.717) is 0 Å². The van der Waals surface area contributed by atoms with E-state index in [-0.39, 0.29) is 17.2 Å². The summed E-state index contributed by atoms with van der Waals surface area (Å²) in [5.41, 5.74) is 0. The largest absolute Gasteiger partial charge is 0.508 e. The molecule has 7 heteroatoms. The number of sulfonamides is 1. The van der Waals surface area contributed by atoms with Crippen LogP contribution in [0.15, 0.2) is 29.2 Å². The summed E-state index contributed by atoms with van der Waals surface area (Å²) in [6, 6.07) is 5.19. The normalized spacial score (nSPS) is 11.1. The summed E-state index contributed by atoms with van der Waals surface area (Å²) in [6.07, 6.45) is 0. The van der Waals surface area contributed by atoms with Gasteiger partial charge in [0, 0.05) is 7.05 Å². The van der Waals surface area contributed by atoms with Crippen molar-refractivity contribution in [2.75, 3.05) is 13.6 Å². The van der Waals surface area contributed by atoms with Gasteiger partial charge in [-0.05, 0) is 18.2 Å². The third-order valence-electron chi connectivity index (χ3n) is 1.83. The predicted molar refractivity (Wildman–Crippen MR) is 57.4 cm³/mol. The van der Waals surface area contributed by atoms with Gasteiger partial charge in [0.15, 0.2) is 0 Å². The van der Waals surface area contributed by atoms with Gasteiger partial charge in [-0.3, -0.25) is 4.79 Å². The number of carbonyl (C=O) groups is 1. The fraction of sp³-hybridized carbons (Fsp3) is 0.222. The van der Waals surface area contributed by atoms with Crippen LogP contribution in [-0.2, 0) is 14.8 Å². The molecular formula is C9H12N2O4S. The van der Waals surface area contributed by atoms with E-state index in [1.54, 1.807) is 0 Å². The van der Waals surface area contributed by atoms with Gasteiger partial charge in [-0.15, -0.1) is 0 Å². The van der Waals surface area contributed by atoms with E-state index >= 15 is 0 Å². The van der Waals surface area contributed by atoms with Crippen molar-refractivity contribution < 1.29 is 18.3 Å². The maximum Gasteiger partial charge on any atom is 0.241 e. The van der Waals surface area contributed by atoms with Gasteiger partial charge in [0.05, 0.1) is 11.4 Å². The van der Waals surface area contributed by atoms with Gasteiger partial charge in [-0.1, -0.05) is 6.07 Å². The van der Waals surface area contributed by atoms with Gasteiger partial charge in [0.2, 0.25) is 15.9 Å². The van der Waals surface area contributed by atoms with Crippen molar-refractivity contribution in [3.8, 4) is 5.75 Å². The molecular weight excluding hydrogens is 232 g/mol. The first-order valence-electron chi connectivity index (χ1n) is 4.45. The molecule has 0 atom stereocenters. The van der Waals surface area contributed by atoms with Crippen LogP contribution in [0.5, 0.6) is 5.75 Å². The lowest BCUT2D eigenvalue weighted by molar-refractivity contribution is -0.119. The second kappa shape index (κ2) is 4.95. The Kier molecular flexibility index (Phi) is 3.86. The van der Waals surface area contributed by atoms with Crippen LogP contribution in [0, 0.1) is 0 Å². The van der Waals surface area contributed by atoms with Crippen LogP contribution in [0.25, 0.3) is 0 Å². The third kappa shape index (κ3) is 3.21. The summed E-state index contributed by atoms with van der Waals surface area (Å²) in [7, 11) is -2.35. The van der Waals surface area contributed by atoms with Gasteiger partial charge < -0.3 is 10.4 Å². The summed E-state index contributed by atoms with van der Waals surface area (Å²) >= 11 is 0. The predicted octanol–water partition coefficient (Wildman–Crippen LogP) is -0.584. The second-order valence-electron chi connectivity index (χ2n) is 3.00. The Balaban J connectivity index is 2.82. The van der Waals surface area contributed by atoms with Crippen LogP contribution in [0.3, 0.4) is 0 Å². The van der Waals surface area contributed by atoms with Gasteiger partial charge >= 0.3 is 0 Å². The average molecular weight is 244 g/mol. The van der Waals surface area contributed by atoms with E-state index < -0.39 is 15.9 Å². The zero-order valence-corrected chi connectivity index (χ0v) is 9.41. The first-order chi connectivity index (χ1) is 7.45. The highest BCUT2D eigenvalue weighted by Gasteiger charge is 2.15. The number of phenols is 1. The van der Waals surface area contributed by atoms with Crippen LogP contribution in [-0.4, -0.2) is 33.0 Å². The van der Waals surface area contributed by atoms with Crippen molar-refractivity contribution in [2.24, 2.45) is 0 Å². The number of hydrogen-bond donors (Lipinski definition) is 3. The number of benzene rings is 1. The van der Waals surface area contributed by atoms with Crippen molar-refractivity contribution in [1.29, 1.82) is 0 Å². The smallest absolute Gasteiger partial charge is 0.241 e. The highest BCUT2D eigenvalue weighted by molar-refractivity contribution is 7.89. The molecule has 0 spiro atoms. The maximum absolute atomic E-state index is 11.6. The molecule has 0 aliphatic rings. The number of hydrogen-bond acceptors (Lipinski definition) is 4. The van der Waals surface area contributed by atoms with E-state index in [4.69, 9.17) is 5.11 Å². The summed E-state index contributed by atoms with van der Waals surface area (Å²) in [5.74, 6) is -0.591. The molecule has 0 aliphatic heterocycles.